The molecule has 6 heteroatoms. The van der Waals surface area contributed by atoms with E-state index in [1.54, 1.807) is 24.3 Å². The Kier molecular flexibility index (Phi) is 4.77. The molecule has 0 fully saturated rings. The topological polar surface area (TPSA) is 68.5 Å². The molecule has 1 amide bonds. The molecule has 0 saturated carbocycles. The third kappa shape index (κ3) is 3.91. The first-order valence-corrected chi connectivity index (χ1v) is 8.11. The van der Waals surface area contributed by atoms with Gasteiger partial charge in [-0.3, -0.25) is 4.79 Å². The summed E-state index contributed by atoms with van der Waals surface area (Å²) in [6, 6.07) is 14.3. The van der Waals surface area contributed by atoms with Crippen LogP contribution in [-0.2, 0) is 11.3 Å². The lowest BCUT2D eigenvalue weighted by molar-refractivity contribution is 0.0478. The Morgan fingerprint density at radius 3 is 2.79 bits per heavy atom. The first-order valence-electron chi connectivity index (χ1n) is 7.29. The van der Waals surface area contributed by atoms with Crippen LogP contribution in [0.5, 0.6) is 0 Å². The number of amides is 1. The Labute approximate surface area is 142 Å². The number of rotatable bonds is 5. The summed E-state index contributed by atoms with van der Waals surface area (Å²) in [6.45, 7) is 2.20. The van der Waals surface area contributed by atoms with Gasteiger partial charge in [0.25, 0.3) is 5.91 Å². The molecular weight excluding hydrogens is 326 g/mol. The number of benzene rings is 1. The molecule has 0 unspecified atom stereocenters. The average Bonchev–Trinajstić information content (AvgIpc) is 3.24. The van der Waals surface area contributed by atoms with Crippen LogP contribution >= 0.6 is 11.3 Å². The smallest absolute Gasteiger partial charge is 0.348 e. The third-order valence-electron chi connectivity index (χ3n) is 3.24. The average molecular weight is 341 g/mol. The monoisotopic (exact) mass is 341 g/mol. The number of carbonyl (C=O) groups excluding carboxylic acids is 2. The molecule has 0 saturated heterocycles. The van der Waals surface area contributed by atoms with Gasteiger partial charge in [-0.25, -0.2) is 4.79 Å². The van der Waals surface area contributed by atoms with E-state index in [0.717, 1.165) is 22.5 Å². The molecule has 0 atom stereocenters. The fourth-order valence-corrected chi connectivity index (χ4v) is 2.91. The van der Waals surface area contributed by atoms with Crippen molar-refractivity contribution in [1.82, 2.24) is 0 Å². The second-order valence-corrected chi connectivity index (χ2v) is 6.24. The maximum Gasteiger partial charge on any atom is 0.348 e. The van der Waals surface area contributed by atoms with Gasteiger partial charge in [-0.15, -0.1) is 11.3 Å². The number of esters is 1. The minimum absolute atomic E-state index is 0.215. The third-order valence-corrected chi connectivity index (χ3v) is 4.22. The quantitative estimate of drug-likeness (QED) is 0.704. The van der Waals surface area contributed by atoms with E-state index in [2.05, 4.69) is 5.32 Å². The molecule has 0 aliphatic carbocycles. The van der Waals surface area contributed by atoms with E-state index in [4.69, 9.17) is 9.15 Å². The van der Waals surface area contributed by atoms with Crippen molar-refractivity contribution in [3.05, 3.63) is 76.6 Å². The van der Waals surface area contributed by atoms with Gasteiger partial charge in [-0.05, 0) is 36.8 Å². The number of aryl methyl sites for hydroxylation is 1. The summed E-state index contributed by atoms with van der Waals surface area (Å²) < 4.78 is 10.3. The van der Waals surface area contributed by atoms with Crippen LogP contribution in [0.15, 0.2) is 59.2 Å². The van der Waals surface area contributed by atoms with Gasteiger partial charge in [0.15, 0.2) is 5.76 Å². The summed E-state index contributed by atoms with van der Waals surface area (Å²) in [5, 5.41) is 3.23. The van der Waals surface area contributed by atoms with Gasteiger partial charge < -0.3 is 14.5 Å². The fraction of sp³-hybridized carbons (Fsp3) is 0.111. The van der Waals surface area contributed by atoms with Crippen molar-refractivity contribution in [3.63, 3.8) is 0 Å². The van der Waals surface area contributed by atoms with Crippen LogP contribution in [0.1, 0.15) is 31.4 Å². The maximum atomic E-state index is 12.1. The van der Waals surface area contributed by atoms with Crippen molar-refractivity contribution in [2.24, 2.45) is 0 Å². The molecule has 1 N–H and O–H groups in total. The number of anilines is 1. The number of furan rings is 1. The Bertz CT molecular complexity index is 852. The molecule has 24 heavy (non-hydrogen) atoms. The lowest BCUT2D eigenvalue weighted by Crippen LogP contribution is -2.09. The predicted molar refractivity (Wildman–Crippen MR) is 91.3 cm³/mol. The van der Waals surface area contributed by atoms with Crippen LogP contribution in [0.25, 0.3) is 0 Å². The minimum atomic E-state index is -0.417. The van der Waals surface area contributed by atoms with Crippen LogP contribution in [0.2, 0.25) is 0 Å². The highest BCUT2D eigenvalue weighted by molar-refractivity contribution is 7.18. The fourth-order valence-electron chi connectivity index (χ4n) is 2.12. The Morgan fingerprint density at radius 2 is 2.04 bits per heavy atom. The summed E-state index contributed by atoms with van der Waals surface area (Å²) in [5.74, 6) is -0.562. The van der Waals surface area contributed by atoms with E-state index in [-0.39, 0.29) is 18.3 Å². The van der Waals surface area contributed by atoms with Crippen molar-refractivity contribution < 1.29 is 18.7 Å². The largest absolute Gasteiger partial charge is 0.459 e. The molecule has 0 aliphatic heterocycles. The lowest BCUT2D eigenvalue weighted by Gasteiger charge is -2.04. The second kappa shape index (κ2) is 7.14. The van der Waals surface area contributed by atoms with Crippen molar-refractivity contribution in [2.75, 3.05) is 5.32 Å². The van der Waals surface area contributed by atoms with E-state index in [1.165, 1.54) is 6.26 Å². The first-order chi connectivity index (χ1) is 11.6. The number of carbonyl (C=O) groups is 2. The molecular formula is C18H15NO4S. The first kappa shape index (κ1) is 16.0. The second-order valence-electron chi connectivity index (χ2n) is 5.16. The summed E-state index contributed by atoms with van der Waals surface area (Å²) in [7, 11) is 0. The number of thiophene rings is 1. The number of ether oxygens (including phenoxy) is 1. The van der Waals surface area contributed by atoms with Crippen LogP contribution < -0.4 is 5.32 Å². The summed E-state index contributed by atoms with van der Waals surface area (Å²) in [4.78, 5) is 24.4. The van der Waals surface area contributed by atoms with Crippen LogP contribution in [-0.4, -0.2) is 11.9 Å². The van der Waals surface area contributed by atoms with Crippen LogP contribution in [0.4, 0.5) is 5.00 Å². The molecule has 2 aromatic heterocycles. The Morgan fingerprint density at radius 1 is 1.17 bits per heavy atom. The highest BCUT2D eigenvalue weighted by Crippen LogP contribution is 2.23. The molecule has 0 aliphatic rings. The number of nitrogens with one attached hydrogen (secondary N) is 1. The van der Waals surface area contributed by atoms with Crippen molar-refractivity contribution >= 4 is 28.2 Å². The van der Waals surface area contributed by atoms with Gasteiger partial charge >= 0.3 is 5.97 Å². The van der Waals surface area contributed by atoms with Gasteiger partial charge in [-0.1, -0.05) is 29.8 Å². The van der Waals surface area contributed by atoms with E-state index >= 15 is 0 Å². The van der Waals surface area contributed by atoms with Gasteiger partial charge in [-0.2, -0.15) is 0 Å². The predicted octanol–water partition coefficient (Wildman–Crippen LogP) is 4.26. The molecule has 0 bridgehead atoms. The highest BCUT2D eigenvalue weighted by Gasteiger charge is 2.14. The zero-order valence-corrected chi connectivity index (χ0v) is 13.8. The van der Waals surface area contributed by atoms with Crippen molar-refractivity contribution in [3.8, 4) is 0 Å². The SMILES string of the molecule is Cc1cccc(COC(=O)c2ccc(NC(=O)c3ccco3)s2)c1. The number of hydrogen-bond acceptors (Lipinski definition) is 5. The van der Waals surface area contributed by atoms with Gasteiger partial charge in [0.2, 0.25) is 0 Å². The number of hydrogen-bond donors (Lipinski definition) is 1. The zero-order chi connectivity index (χ0) is 16.9. The molecule has 3 rings (SSSR count). The summed E-state index contributed by atoms with van der Waals surface area (Å²) >= 11 is 1.16. The zero-order valence-electron chi connectivity index (χ0n) is 12.9. The molecule has 0 radical (unpaired) electrons. The van der Waals surface area contributed by atoms with Crippen LogP contribution in [0.3, 0.4) is 0 Å². The van der Waals surface area contributed by atoms with Gasteiger partial charge in [0, 0.05) is 0 Å². The molecule has 2 heterocycles. The molecule has 3 aromatic rings. The molecule has 0 spiro atoms. The molecule has 5 nitrogen and oxygen atoms in total. The minimum Gasteiger partial charge on any atom is -0.459 e. The maximum absolute atomic E-state index is 12.1. The highest BCUT2D eigenvalue weighted by atomic mass is 32.1. The summed E-state index contributed by atoms with van der Waals surface area (Å²) in [6.07, 6.45) is 1.43. The van der Waals surface area contributed by atoms with Crippen LogP contribution in [0, 0.1) is 6.92 Å². The molecule has 122 valence electrons. The van der Waals surface area contributed by atoms with Crippen molar-refractivity contribution in [2.45, 2.75) is 13.5 Å². The normalized spacial score (nSPS) is 10.4. The summed E-state index contributed by atoms with van der Waals surface area (Å²) in [5.41, 5.74) is 2.05. The van der Waals surface area contributed by atoms with E-state index in [9.17, 15) is 9.59 Å². The van der Waals surface area contributed by atoms with E-state index in [0.29, 0.717) is 9.88 Å². The van der Waals surface area contributed by atoms with Gasteiger partial charge in [0.05, 0.1) is 11.3 Å². The lowest BCUT2D eigenvalue weighted by atomic mass is 10.1. The van der Waals surface area contributed by atoms with E-state index in [1.807, 2.05) is 31.2 Å². The van der Waals surface area contributed by atoms with E-state index < -0.39 is 5.97 Å². The Hall–Kier alpha value is -2.86. The molecule has 1 aromatic carbocycles. The Balaban J connectivity index is 1.58. The van der Waals surface area contributed by atoms with Gasteiger partial charge in [0.1, 0.15) is 11.5 Å². The van der Waals surface area contributed by atoms with Crippen molar-refractivity contribution in [1.29, 1.82) is 0 Å². The standard InChI is InChI=1S/C18H15NO4S/c1-12-4-2-5-13(10-12)11-23-18(21)15-7-8-16(24-15)19-17(20)14-6-3-9-22-14/h2-10H,11H2,1H3,(H,19,20).